The summed E-state index contributed by atoms with van der Waals surface area (Å²) in [6.45, 7) is 13.1. The fourth-order valence-electron chi connectivity index (χ4n) is 6.07. The molecule has 0 spiro atoms. The number of anilines is 2. The summed E-state index contributed by atoms with van der Waals surface area (Å²) in [6.07, 6.45) is 13.7. The Labute approximate surface area is 251 Å². The van der Waals surface area contributed by atoms with Crippen LogP contribution in [-0.4, -0.2) is 0 Å². The van der Waals surface area contributed by atoms with Gasteiger partial charge < -0.3 is 9.80 Å². The first-order valence-corrected chi connectivity index (χ1v) is 14.7. The number of benzene rings is 4. The summed E-state index contributed by atoms with van der Waals surface area (Å²) in [5.74, 6) is 0. The molecule has 0 saturated carbocycles. The molecule has 2 heterocycles. The Morgan fingerprint density at radius 3 is 1.21 bits per heavy atom. The highest BCUT2D eigenvalue weighted by Crippen LogP contribution is 2.39. The molecule has 2 aliphatic rings. The van der Waals surface area contributed by atoms with Gasteiger partial charge in [-0.25, -0.2) is 0 Å². The SMILES string of the molecule is Cc1ccc(N2C=C/C(=C3/C=CN(c4ccc(C)cc4C)C(c4ccccc4C)=C3)C=C2c2ccccc2C)c(C)c1. The average Bonchev–Trinajstić information content (AvgIpc) is 2.98. The maximum atomic E-state index is 2.35. The highest BCUT2D eigenvalue weighted by molar-refractivity contribution is 5.90. The Kier molecular flexibility index (Phi) is 7.31. The molecule has 208 valence electrons. The van der Waals surface area contributed by atoms with Crippen LogP contribution in [0, 0.1) is 41.5 Å². The molecule has 2 aliphatic heterocycles. The lowest BCUT2D eigenvalue weighted by Crippen LogP contribution is -2.20. The lowest BCUT2D eigenvalue weighted by atomic mass is 9.94. The third-order valence-electron chi connectivity index (χ3n) is 8.31. The molecule has 0 fully saturated rings. The molecule has 0 saturated heterocycles. The second-order valence-electron chi connectivity index (χ2n) is 11.6. The van der Waals surface area contributed by atoms with Crippen LogP contribution in [0.25, 0.3) is 11.4 Å². The minimum Gasteiger partial charge on any atom is -0.316 e. The van der Waals surface area contributed by atoms with E-state index in [0.29, 0.717) is 0 Å². The zero-order valence-corrected chi connectivity index (χ0v) is 25.4. The molecule has 2 nitrogen and oxygen atoms in total. The van der Waals surface area contributed by atoms with Gasteiger partial charge in [0.25, 0.3) is 0 Å². The zero-order valence-electron chi connectivity index (χ0n) is 25.4. The summed E-state index contributed by atoms with van der Waals surface area (Å²) >= 11 is 0. The van der Waals surface area contributed by atoms with Crippen molar-refractivity contribution in [3.63, 3.8) is 0 Å². The molecule has 6 rings (SSSR count). The highest BCUT2D eigenvalue weighted by Gasteiger charge is 2.23. The van der Waals surface area contributed by atoms with Gasteiger partial charge in [0.2, 0.25) is 0 Å². The van der Waals surface area contributed by atoms with Gasteiger partial charge in [0, 0.05) is 34.9 Å². The van der Waals surface area contributed by atoms with Crippen LogP contribution in [0.15, 0.2) is 133 Å². The number of hydrogen-bond donors (Lipinski definition) is 0. The standard InChI is InChI=1S/C40H38N2/c1-27-15-17-37(31(5)23-27)41-21-19-33(25-39(41)35-13-9-7-11-29(35)3)34-20-22-42(38-18-16-28(2)24-32(38)6)40(26-34)36-14-10-8-12-30(36)4/h7-26H,1-6H3/b34-33+. The van der Waals surface area contributed by atoms with Crippen LogP contribution in [0.3, 0.4) is 0 Å². The molecule has 0 radical (unpaired) electrons. The third-order valence-corrected chi connectivity index (χ3v) is 8.31. The molecule has 0 bridgehead atoms. The van der Waals surface area contributed by atoms with E-state index in [1.54, 1.807) is 0 Å². The Morgan fingerprint density at radius 1 is 0.429 bits per heavy atom. The van der Waals surface area contributed by atoms with Crippen molar-refractivity contribution in [2.45, 2.75) is 41.5 Å². The van der Waals surface area contributed by atoms with Gasteiger partial charge in [-0.05, 0) is 111 Å². The molecule has 2 heteroatoms. The van der Waals surface area contributed by atoms with Gasteiger partial charge in [-0.2, -0.15) is 0 Å². The maximum Gasteiger partial charge on any atom is 0.0536 e. The minimum absolute atomic E-state index is 1.18. The van der Waals surface area contributed by atoms with E-state index in [1.165, 1.54) is 78.4 Å². The van der Waals surface area contributed by atoms with E-state index in [1.807, 2.05) is 0 Å². The van der Waals surface area contributed by atoms with Crippen molar-refractivity contribution in [3.05, 3.63) is 177 Å². The summed E-state index contributed by atoms with van der Waals surface area (Å²) in [5.41, 5.74) is 17.2. The second-order valence-corrected chi connectivity index (χ2v) is 11.6. The van der Waals surface area contributed by atoms with Crippen LogP contribution >= 0.6 is 0 Å². The first-order chi connectivity index (χ1) is 20.3. The van der Waals surface area contributed by atoms with Gasteiger partial charge in [0.05, 0.1) is 11.4 Å². The predicted molar refractivity (Wildman–Crippen MR) is 180 cm³/mol. The van der Waals surface area contributed by atoms with Crippen LogP contribution in [0.1, 0.15) is 44.5 Å². The molecular weight excluding hydrogens is 508 g/mol. The van der Waals surface area contributed by atoms with Crippen LogP contribution in [-0.2, 0) is 0 Å². The first kappa shape index (κ1) is 27.4. The maximum absolute atomic E-state index is 2.35. The quantitative estimate of drug-likeness (QED) is 0.251. The second kappa shape index (κ2) is 11.2. The van der Waals surface area contributed by atoms with Gasteiger partial charge in [-0.3, -0.25) is 0 Å². The number of rotatable bonds is 4. The number of hydrogen-bond acceptors (Lipinski definition) is 2. The number of allylic oxidation sites excluding steroid dienone is 6. The topological polar surface area (TPSA) is 6.48 Å². The third kappa shape index (κ3) is 5.17. The van der Waals surface area contributed by atoms with Crippen LogP contribution in [0.4, 0.5) is 11.4 Å². The average molecular weight is 547 g/mol. The number of nitrogens with zero attached hydrogens (tertiary/aromatic N) is 2. The van der Waals surface area contributed by atoms with Gasteiger partial charge in [-0.15, -0.1) is 0 Å². The summed E-state index contributed by atoms with van der Waals surface area (Å²) in [4.78, 5) is 4.67. The molecule has 0 unspecified atom stereocenters. The molecule has 4 aromatic rings. The Bertz CT molecular complexity index is 1710. The van der Waals surface area contributed by atoms with Gasteiger partial charge in [0.1, 0.15) is 0 Å². The van der Waals surface area contributed by atoms with Crippen molar-refractivity contribution in [1.82, 2.24) is 0 Å². The molecule has 0 atom stereocenters. The molecule has 4 aromatic carbocycles. The van der Waals surface area contributed by atoms with Crippen molar-refractivity contribution < 1.29 is 0 Å². The normalized spacial score (nSPS) is 16.5. The van der Waals surface area contributed by atoms with Crippen LogP contribution in [0.2, 0.25) is 0 Å². The van der Waals surface area contributed by atoms with Crippen LogP contribution < -0.4 is 9.80 Å². The Hall–Kier alpha value is -4.82. The molecule has 0 amide bonds. The summed E-state index contributed by atoms with van der Waals surface area (Å²) in [7, 11) is 0. The molecule has 0 aliphatic carbocycles. The predicted octanol–water partition coefficient (Wildman–Crippen LogP) is 10.3. The van der Waals surface area contributed by atoms with E-state index >= 15 is 0 Å². The smallest absolute Gasteiger partial charge is 0.0536 e. The fourth-order valence-corrected chi connectivity index (χ4v) is 6.07. The van der Waals surface area contributed by atoms with Gasteiger partial charge in [0.15, 0.2) is 0 Å². The van der Waals surface area contributed by atoms with Gasteiger partial charge in [-0.1, -0.05) is 83.9 Å². The zero-order chi connectivity index (χ0) is 29.4. The minimum atomic E-state index is 1.18. The summed E-state index contributed by atoms with van der Waals surface area (Å²) < 4.78 is 0. The van der Waals surface area contributed by atoms with Crippen LogP contribution in [0.5, 0.6) is 0 Å². The summed E-state index contributed by atoms with van der Waals surface area (Å²) in [6, 6.07) is 30.7. The highest BCUT2D eigenvalue weighted by atomic mass is 15.1. The molecule has 0 N–H and O–H groups in total. The fraction of sp³-hybridized carbons (Fsp3) is 0.150. The summed E-state index contributed by atoms with van der Waals surface area (Å²) in [5, 5.41) is 0. The molecule has 42 heavy (non-hydrogen) atoms. The monoisotopic (exact) mass is 546 g/mol. The lowest BCUT2D eigenvalue weighted by molar-refractivity contribution is 1.20. The van der Waals surface area contributed by atoms with E-state index in [4.69, 9.17) is 0 Å². The molecule has 0 aromatic heterocycles. The largest absolute Gasteiger partial charge is 0.316 e. The van der Waals surface area contributed by atoms with E-state index < -0.39 is 0 Å². The Balaban J connectivity index is 1.53. The Morgan fingerprint density at radius 2 is 0.833 bits per heavy atom. The van der Waals surface area contributed by atoms with Crippen molar-refractivity contribution in [3.8, 4) is 0 Å². The first-order valence-electron chi connectivity index (χ1n) is 14.7. The van der Waals surface area contributed by atoms with Crippen molar-refractivity contribution >= 4 is 22.8 Å². The van der Waals surface area contributed by atoms with Crippen molar-refractivity contribution in [2.24, 2.45) is 0 Å². The van der Waals surface area contributed by atoms with Crippen molar-refractivity contribution in [1.29, 1.82) is 0 Å². The van der Waals surface area contributed by atoms with E-state index in [0.717, 1.165) is 0 Å². The van der Waals surface area contributed by atoms with E-state index in [-0.39, 0.29) is 0 Å². The van der Waals surface area contributed by atoms with E-state index in [2.05, 4.69) is 173 Å². The lowest BCUT2D eigenvalue weighted by Gasteiger charge is -2.32. The number of aryl methyl sites for hydroxylation is 6. The van der Waals surface area contributed by atoms with Crippen molar-refractivity contribution in [2.75, 3.05) is 9.80 Å². The van der Waals surface area contributed by atoms with Gasteiger partial charge >= 0.3 is 0 Å². The van der Waals surface area contributed by atoms with E-state index in [9.17, 15) is 0 Å². The molecular formula is C40H38N2.